The van der Waals surface area contributed by atoms with E-state index in [1.807, 2.05) is 0 Å². The van der Waals surface area contributed by atoms with Gasteiger partial charge in [-0.1, -0.05) is 12.1 Å². The number of hydrogen-bond donors (Lipinski definition) is 5. The SMILES string of the molecule is Nc1c(/N=N/c2ccccc2C(=O)O)cc(S(=O)(=O)O)c(N)c1/N=N/c1ccc(S(N)(=O)=O)cc1. The Kier molecular flexibility index (Phi) is 6.92. The fraction of sp³-hybridized carbons (Fsp3) is 0. The highest BCUT2D eigenvalue weighted by molar-refractivity contribution is 7.89. The smallest absolute Gasteiger partial charge is 0.337 e. The van der Waals surface area contributed by atoms with Crippen LogP contribution in [0.4, 0.5) is 34.1 Å². The molecule has 8 N–H and O–H groups in total. The summed E-state index contributed by atoms with van der Waals surface area (Å²) in [5.41, 5.74) is 10.3. The van der Waals surface area contributed by atoms with E-state index in [0.29, 0.717) is 0 Å². The zero-order chi connectivity index (χ0) is 26.0. The zero-order valence-electron chi connectivity index (χ0n) is 17.5. The lowest BCUT2D eigenvalue weighted by atomic mass is 10.2. The topological polar surface area (TPSA) is 253 Å². The molecule has 3 aromatic carbocycles. The quantitative estimate of drug-likeness (QED) is 0.174. The Bertz CT molecular complexity index is 1580. The molecule has 0 fully saturated rings. The minimum absolute atomic E-state index is 0.0530. The van der Waals surface area contributed by atoms with Crippen molar-refractivity contribution < 1.29 is 31.3 Å². The number of nitrogens with zero attached hydrogens (tertiary/aromatic N) is 4. The van der Waals surface area contributed by atoms with Crippen LogP contribution in [0, 0.1) is 0 Å². The van der Waals surface area contributed by atoms with Crippen molar-refractivity contribution in [2.75, 3.05) is 11.5 Å². The first-order valence-electron chi connectivity index (χ1n) is 9.27. The minimum atomic E-state index is -4.86. The lowest BCUT2D eigenvalue weighted by Crippen LogP contribution is -2.11. The van der Waals surface area contributed by atoms with E-state index in [0.717, 1.165) is 6.07 Å². The number of carboxylic acid groups (broad SMARTS) is 1. The number of nitrogen functional groups attached to an aromatic ring is 2. The monoisotopic (exact) mass is 519 g/mol. The Labute approximate surface area is 198 Å². The number of azo groups is 2. The van der Waals surface area contributed by atoms with Gasteiger partial charge in [0.25, 0.3) is 10.1 Å². The van der Waals surface area contributed by atoms with Crippen LogP contribution in [0.15, 0.2) is 84.8 Å². The molecule has 0 radical (unpaired) electrons. The molecule has 0 atom stereocenters. The van der Waals surface area contributed by atoms with Gasteiger partial charge in [-0.3, -0.25) is 4.55 Å². The Balaban J connectivity index is 2.11. The summed E-state index contributed by atoms with van der Waals surface area (Å²) < 4.78 is 56.0. The molecule has 182 valence electrons. The first-order valence-corrected chi connectivity index (χ1v) is 12.3. The maximum atomic E-state index is 11.8. The van der Waals surface area contributed by atoms with Crippen LogP contribution in [-0.2, 0) is 20.1 Å². The van der Waals surface area contributed by atoms with Crippen molar-refractivity contribution >= 4 is 60.2 Å². The number of primary sulfonamides is 1. The standard InChI is InChI=1S/C19H17N7O7S2/c20-16-14(25-24-13-4-2-1-3-12(13)19(27)28)9-15(35(31,32)33)17(21)18(16)26-23-10-5-7-11(8-6-10)34(22,29)30/h1-9H,20-21H2,(H,27,28)(H2,22,29,30)(H,31,32,33)/b25-24+,26-23+. The largest absolute Gasteiger partial charge is 0.478 e. The Morgan fingerprint density at radius 1 is 0.800 bits per heavy atom. The second kappa shape index (κ2) is 9.55. The number of benzene rings is 3. The molecule has 0 saturated heterocycles. The van der Waals surface area contributed by atoms with E-state index < -0.39 is 36.7 Å². The Hall–Kier alpha value is -4.25. The lowest BCUT2D eigenvalue weighted by Gasteiger charge is -2.10. The maximum absolute atomic E-state index is 11.8. The molecule has 3 rings (SSSR count). The number of carbonyl (C=O) groups is 1. The van der Waals surface area contributed by atoms with Crippen LogP contribution < -0.4 is 16.6 Å². The third-order valence-electron chi connectivity index (χ3n) is 4.43. The molecule has 0 aliphatic heterocycles. The molecule has 0 spiro atoms. The summed E-state index contributed by atoms with van der Waals surface area (Å²) >= 11 is 0. The average molecular weight is 520 g/mol. The maximum Gasteiger partial charge on any atom is 0.337 e. The average Bonchev–Trinajstić information content (AvgIpc) is 2.77. The first kappa shape index (κ1) is 25.4. The number of sulfonamides is 1. The fourth-order valence-electron chi connectivity index (χ4n) is 2.73. The molecule has 0 heterocycles. The predicted molar refractivity (Wildman–Crippen MR) is 125 cm³/mol. The summed E-state index contributed by atoms with van der Waals surface area (Å²) in [5, 5.41) is 29.6. The molecule has 0 unspecified atom stereocenters. The lowest BCUT2D eigenvalue weighted by molar-refractivity contribution is 0.0697. The molecule has 0 aliphatic carbocycles. The number of aromatic carboxylic acids is 1. The first-order chi connectivity index (χ1) is 16.3. The van der Waals surface area contributed by atoms with Crippen molar-refractivity contribution in [1.29, 1.82) is 0 Å². The van der Waals surface area contributed by atoms with Crippen LogP contribution in [0.25, 0.3) is 0 Å². The van der Waals surface area contributed by atoms with Crippen LogP contribution in [0.5, 0.6) is 0 Å². The molecule has 16 heteroatoms. The third kappa shape index (κ3) is 5.82. The number of nitrogens with two attached hydrogens (primary N) is 3. The van der Waals surface area contributed by atoms with Crippen LogP contribution >= 0.6 is 0 Å². The van der Waals surface area contributed by atoms with E-state index >= 15 is 0 Å². The van der Waals surface area contributed by atoms with Gasteiger partial charge in [0.15, 0.2) is 0 Å². The summed E-state index contributed by atoms with van der Waals surface area (Å²) in [6, 6.07) is 11.4. The molecule has 0 aromatic heterocycles. The summed E-state index contributed by atoms with van der Waals surface area (Å²) in [7, 11) is -8.80. The van der Waals surface area contributed by atoms with Crippen molar-refractivity contribution in [3.63, 3.8) is 0 Å². The van der Waals surface area contributed by atoms with Crippen molar-refractivity contribution in [2.24, 2.45) is 25.6 Å². The Morgan fingerprint density at radius 3 is 1.97 bits per heavy atom. The van der Waals surface area contributed by atoms with E-state index in [1.54, 1.807) is 0 Å². The summed E-state index contributed by atoms with van der Waals surface area (Å²) in [6.45, 7) is 0. The second-order valence-corrected chi connectivity index (χ2v) is 9.76. The molecular formula is C19H17N7O7S2. The van der Waals surface area contributed by atoms with Crippen molar-refractivity contribution in [3.05, 3.63) is 60.2 Å². The van der Waals surface area contributed by atoms with E-state index in [2.05, 4.69) is 20.5 Å². The minimum Gasteiger partial charge on any atom is -0.478 e. The predicted octanol–water partition coefficient (Wildman–Crippen LogP) is 3.27. The van der Waals surface area contributed by atoms with Gasteiger partial charge in [-0.2, -0.15) is 13.5 Å². The summed E-state index contributed by atoms with van der Waals surface area (Å²) in [6.07, 6.45) is 0. The second-order valence-electron chi connectivity index (χ2n) is 6.81. The molecule has 3 aromatic rings. The van der Waals surface area contributed by atoms with Gasteiger partial charge in [-0.15, -0.1) is 15.3 Å². The van der Waals surface area contributed by atoms with Gasteiger partial charge in [-0.25, -0.2) is 18.4 Å². The highest BCUT2D eigenvalue weighted by Gasteiger charge is 2.22. The normalized spacial score (nSPS) is 12.4. The van der Waals surface area contributed by atoms with E-state index in [9.17, 15) is 31.3 Å². The number of carboxylic acids is 1. The van der Waals surface area contributed by atoms with Gasteiger partial charge >= 0.3 is 5.97 Å². The molecule has 14 nitrogen and oxygen atoms in total. The van der Waals surface area contributed by atoms with Crippen LogP contribution in [-0.4, -0.2) is 32.5 Å². The number of hydrogen-bond acceptors (Lipinski definition) is 11. The molecule has 0 saturated carbocycles. The van der Waals surface area contributed by atoms with Gasteiger partial charge in [0, 0.05) is 0 Å². The van der Waals surface area contributed by atoms with Gasteiger partial charge in [0.05, 0.1) is 27.5 Å². The van der Waals surface area contributed by atoms with Crippen LogP contribution in [0.1, 0.15) is 10.4 Å². The zero-order valence-corrected chi connectivity index (χ0v) is 19.1. The summed E-state index contributed by atoms with van der Waals surface area (Å²) in [4.78, 5) is 10.4. The van der Waals surface area contributed by atoms with E-state index in [4.69, 9.17) is 16.6 Å². The highest BCUT2D eigenvalue weighted by Crippen LogP contribution is 2.43. The van der Waals surface area contributed by atoms with E-state index in [1.165, 1.54) is 48.5 Å². The van der Waals surface area contributed by atoms with Gasteiger partial charge in [0.2, 0.25) is 10.0 Å². The van der Waals surface area contributed by atoms with Gasteiger partial charge in [0.1, 0.15) is 22.0 Å². The third-order valence-corrected chi connectivity index (χ3v) is 6.25. The Morgan fingerprint density at radius 2 is 1.40 bits per heavy atom. The molecule has 0 amide bonds. The molecular weight excluding hydrogens is 502 g/mol. The molecule has 35 heavy (non-hydrogen) atoms. The van der Waals surface area contributed by atoms with Gasteiger partial charge in [-0.05, 0) is 42.5 Å². The highest BCUT2D eigenvalue weighted by atomic mass is 32.2. The molecule has 0 bridgehead atoms. The summed E-state index contributed by atoms with van der Waals surface area (Å²) in [5.74, 6) is -1.27. The van der Waals surface area contributed by atoms with Crippen LogP contribution in [0.3, 0.4) is 0 Å². The van der Waals surface area contributed by atoms with Gasteiger partial charge < -0.3 is 16.6 Å². The van der Waals surface area contributed by atoms with Crippen molar-refractivity contribution in [2.45, 2.75) is 9.79 Å². The number of anilines is 2. The van der Waals surface area contributed by atoms with Crippen molar-refractivity contribution in [1.82, 2.24) is 0 Å². The number of rotatable bonds is 7. The fourth-order valence-corrected chi connectivity index (χ4v) is 3.88. The van der Waals surface area contributed by atoms with Crippen LogP contribution in [0.2, 0.25) is 0 Å². The molecule has 0 aliphatic rings. The van der Waals surface area contributed by atoms with Crippen molar-refractivity contribution in [3.8, 4) is 0 Å². The van der Waals surface area contributed by atoms with E-state index in [-0.39, 0.29) is 38.9 Å².